The van der Waals surface area contributed by atoms with E-state index in [0.29, 0.717) is 12.0 Å². The van der Waals surface area contributed by atoms with E-state index in [-0.39, 0.29) is 17.1 Å². The first kappa shape index (κ1) is 13.4. The lowest BCUT2D eigenvalue weighted by molar-refractivity contribution is 0.0596. The average Bonchev–Trinajstić information content (AvgIpc) is 2.28. The van der Waals surface area contributed by atoms with Crippen molar-refractivity contribution in [3.05, 3.63) is 23.3 Å². The molecule has 1 aromatic carbocycles. The second-order valence-electron chi connectivity index (χ2n) is 3.95. The molecule has 1 rings (SSSR count). The largest absolute Gasteiger partial charge is 0.508 e. The van der Waals surface area contributed by atoms with Gasteiger partial charge in [-0.25, -0.2) is 4.79 Å². The third-order valence-corrected chi connectivity index (χ3v) is 2.62. The lowest BCUT2D eigenvalue weighted by atomic mass is 10.00. The van der Waals surface area contributed by atoms with Crippen LogP contribution in [0.3, 0.4) is 0 Å². The predicted octanol–water partition coefficient (Wildman–Crippen LogP) is 2.62. The minimum Gasteiger partial charge on any atom is -0.508 e. The number of esters is 1. The van der Waals surface area contributed by atoms with Gasteiger partial charge in [-0.15, -0.1) is 0 Å². The molecule has 0 fully saturated rings. The Kier molecular flexibility index (Phi) is 4.82. The van der Waals surface area contributed by atoms with E-state index in [1.165, 1.54) is 13.2 Å². The Hall–Kier alpha value is -1.71. The van der Waals surface area contributed by atoms with Crippen molar-refractivity contribution in [2.24, 2.45) is 0 Å². The number of carbonyl (C=O) groups excluding carboxylic acids is 1. The smallest absolute Gasteiger partial charge is 0.341 e. The zero-order valence-electron chi connectivity index (χ0n) is 10.2. The molecule has 0 radical (unpaired) electrons. The number of benzene rings is 1. The first-order chi connectivity index (χ1) is 8.10. The monoisotopic (exact) mass is 238 g/mol. The lowest BCUT2D eigenvalue weighted by Crippen LogP contribution is -2.06. The molecule has 0 unspecified atom stereocenters. The van der Waals surface area contributed by atoms with Crippen molar-refractivity contribution in [1.29, 1.82) is 0 Å². The van der Waals surface area contributed by atoms with Gasteiger partial charge in [-0.2, -0.15) is 0 Å². The normalized spacial score (nSPS) is 10.2. The predicted molar refractivity (Wildman–Crippen MR) is 64.3 cm³/mol. The Balaban J connectivity index is 3.02. The van der Waals surface area contributed by atoms with Crippen LogP contribution < -0.4 is 0 Å². The highest BCUT2D eigenvalue weighted by Gasteiger charge is 2.17. The Morgan fingerprint density at radius 2 is 2.00 bits per heavy atom. The number of aromatic hydroxyl groups is 2. The van der Waals surface area contributed by atoms with Crippen molar-refractivity contribution in [3.8, 4) is 11.5 Å². The lowest BCUT2D eigenvalue weighted by Gasteiger charge is -2.10. The molecular weight excluding hydrogens is 220 g/mol. The molecule has 4 heteroatoms. The van der Waals surface area contributed by atoms with E-state index < -0.39 is 5.97 Å². The van der Waals surface area contributed by atoms with Gasteiger partial charge in [0.15, 0.2) is 0 Å². The molecule has 4 nitrogen and oxygen atoms in total. The van der Waals surface area contributed by atoms with E-state index in [1.54, 1.807) is 0 Å². The first-order valence-corrected chi connectivity index (χ1v) is 5.73. The molecule has 0 amide bonds. The van der Waals surface area contributed by atoms with Crippen molar-refractivity contribution in [2.45, 2.75) is 32.6 Å². The molecule has 17 heavy (non-hydrogen) atoms. The highest BCUT2D eigenvalue weighted by molar-refractivity contribution is 5.94. The summed E-state index contributed by atoms with van der Waals surface area (Å²) in [6, 6.07) is 2.65. The molecule has 94 valence electrons. The molecule has 0 bridgehead atoms. The van der Waals surface area contributed by atoms with E-state index in [2.05, 4.69) is 11.7 Å². The van der Waals surface area contributed by atoms with Gasteiger partial charge in [0.2, 0.25) is 0 Å². The maximum Gasteiger partial charge on any atom is 0.341 e. The average molecular weight is 238 g/mol. The number of phenols is 2. The van der Waals surface area contributed by atoms with Gasteiger partial charge in [0.1, 0.15) is 17.1 Å². The van der Waals surface area contributed by atoms with Gasteiger partial charge in [-0.1, -0.05) is 19.8 Å². The van der Waals surface area contributed by atoms with Crippen LogP contribution in [0, 0.1) is 0 Å². The molecule has 0 saturated heterocycles. The van der Waals surface area contributed by atoms with Crippen LogP contribution >= 0.6 is 0 Å². The number of ether oxygens (including phenoxy) is 1. The number of hydrogen-bond donors (Lipinski definition) is 2. The highest BCUT2D eigenvalue weighted by atomic mass is 16.5. The van der Waals surface area contributed by atoms with Crippen LogP contribution in [0.25, 0.3) is 0 Å². The van der Waals surface area contributed by atoms with Crippen LogP contribution in [-0.2, 0) is 11.2 Å². The standard InChI is InChI=1S/C13H18O4/c1-3-4-5-6-9-7-10(14)8-11(15)12(9)13(16)17-2/h7-8,14-15H,3-6H2,1-2H3. The number of aryl methyl sites for hydroxylation is 1. The zero-order valence-corrected chi connectivity index (χ0v) is 10.2. The number of methoxy groups -OCH3 is 1. The third kappa shape index (κ3) is 3.37. The first-order valence-electron chi connectivity index (χ1n) is 5.73. The SMILES string of the molecule is CCCCCc1cc(O)cc(O)c1C(=O)OC. The van der Waals surface area contributed by atoms with Crippen molar-refractivity contribution in [1.82, 2.24) is 0 Å². The topological polar surface area (TPSA) is 66.8 Å². The van der Waals surface area contributed by atoms with E-state index in [0.717, 1.165) is 25.3 Å². The summed E-state index contributed by atoms with van der Waals surface area (Å²) in [5, 5.41) is 19.1. The van der Waals surface area contributed by atoms with Gasteiger partial charge >= 0.3 is 5.97 Å². The Morgan fingerprint density at radius 1 is 1.29 bits per heavy atom. The van der Waals surface area contributed by atoms with Gasteiger partial charge in [0.25, 0.3) is 0 Å². The Morgan fingerprint density at radius 3 is 2.59 bits per heavy atom. The summed E-state index contributed by atoms with van der Waals surface area (Å²) in [6.07, 6.45) is 3.65. The van der Waals surface area contributed by atoms with Crippen LogP contribution in [0.15, 0.2) is 12.1 Å². The van der Waals surface area contributed by atoms with Crippen LogP contribution in [0.5, 0.6) is 11.5 Å². The van der Waals surface area contributed by atoms with Gasteiger partial charge in [-0.3, -0.25) is 0 Å². The van der Waals surface area contributed by atoms with Crippen LogP contribution in [0.2, 0.25) is 0 Å². The summed E-state index contributed by atoms with van der Waals surface area (Å²) in [6.45, 7) is 2.08. The zero-order chi connectivity index (χ0) is 12.8. The second-order valence-corrected chi connectivity index (χ2v) is 3.95. The second kappa shape index (κ2) is 6.13. The Bertz CT molecular complexity index is 399. The fourth-order valence-electron chi connectivity index (χ4n) is 1.77. The van der Waals surface area contributed by atoms with E-state index in [9.17, 15) is 15.0 Å². The molecule has 0 heterocycles. The van der Waals surface area contributed by atoms with Crippen molar-refractivity contribution in [3.63, 3.8) is 0 Å². The fraction of sp³-hybridized carbons (Fsp3) is 0.462. The van der Waals surface area contributed by atoms with Crippen LogP contribution in [0.4, 0.5) is 0 Å². The van der Waals surface area contributed by atoms with E-state index in [1.807, 2.05) is 0 Å². The van der Waals surface area contributed by atoms with Crippen LogP contribution in [0.1, 0.15) is 42.1 Å². The molecule has 0 atom stereocenters. The number of hydrogen-bond acceptors (Lipinski definition) is 4. The Labute approximate surface area is 101 Å². The molecule has 0 aliphatic heterocycles. The maximum absolute atomic E-state index is 11.5. The molecule has 2 N–H and O–H groups in total. The highest BCUT2D eigenvalue weighted by Crippen LogP contribution is 2.29. The summed E-state index contributed by atoms with van der Waals surface area (Å²) in [7, 11) is 1.27. The summed E-state index contributed by atoms with van der Waals surface area (Å²) < 4.78 is 4.62. The van der Waals surface area contributed by atoms with E-state index in [4.69, 9.17) is 0 Å². The number of unbranched alkanes of at least 4 members (excludes halogenated alkanes) is 2. The van der Waals surface area contributed by atoms with Crippen LogP contribution in [-0.4, -0.2) is 23.3 Å². The molecule has 0 aromatic heterocycles. The van der Waals surface area contributed by atoms with Gasteiger partial charge < -0.3 is 14.9 Å². The molecule has 0 aliphatic rings. The number of carbonyl (C=O) groups is 1. The minimum absolute atomic E-state index is 0.0401. The number of rotatable bonds is 5. The summed E-state index contributed by atoms with van der Waals surface area (Å²) >= 11 is 0. The van der Waals surface area contributed by atoms with Gasteiger partial charge in [0.05, 0.1) is 7.11 Å². The minimum atomic E-state index is -0.575. The summed E-state index contributed by atoms with van der Waals surface area (Å²) in [5.74, 6) is -0.848. The summed E-state index contributed by atoms with van der Waals surface area (Å²) in [5.41, 5.74) is 0.782. The quantitative estimate of drug-likeness (QED) is 0.611. The molecular formula is C13H18O4. The van der Waals surface area contributed by atoms with Gasteiger partial charge in [0, 0.05) is 6.07 Å². The molecule has 0 aliphatic carbocycles. The van der Waals surface area contributed by atoms with Crippen molar-refractivity contribution in [2.75, 3.05) is 7.11 Å². The molecule has 1 aromatic rings. The van der Waals surface area contributed by atoms with Gasteiger partial charge in [-0.05, 0) is 24.5 Å². The summed E-state index contributed by atoms with van der Waals surface area (Å²) in [4.78, 5) is 11.5. The fourth-order valence-corrected chi connectivity index (χ4v) is 1.77. The molecule has 0 spiro atoms. The number of phenolic OH excluding ortho intramolecular Hbond substituents is 2. The third-order valence-electron chi connectivity index (χ3n) is 2.62. The van der Waals surface area contributed by atoms with Crippen molar-refractivity contribution >= 4 is 5.97 Å². The van der Waals surface area contributed by atoms with Crippen molar-refractivity contribution < 1.29 is 19.7 Å². The maximum atomic E-state index is 11.5. The molecule has 0 saturated carbocycles. The van der Waals surface area contributed by atoms with E-state index >= 15 is 0 Å².